The summed E-state index contributed by atoms with van der Waals surface area (Å²) >= 11 is 0. The van der Waals surface area contributed by atoms with Gasteiger partial charge in [0.05, 0.1) is 16.8 Å². The smallest absolute Gasteiger partial charge is 0.416 e. The molecule has 4 rings (SSSR count). The summed E-state index contributed by atoms with van der Waals surface area (Å²) in [6, 6.07) is 9.18. The lowest BCUT2D eigenvalue weighted by Crippen LogP contribution is -2.11. The van der Waals surface area contributed by atoms with Crippen LogP contribution >= 0.6 is 0 Å². The standard InChI is InChI=1S/C26H18F7NO3/c27-17-7-4-14(5-8-17)13-37-23-9-6-15(25(28,29)30)10-20(23)18-2-1-3-19(18)21-11-16(26(31,32)33)12-22(34-21)24(35)36/h4-12H,1-3,13H2,(H,35,36). The Morgan fingerprint density at radius 2 is 1.51 bits per heavy atom. The lowest BCUT2D eigenvalue weighted by atomic mass is 9.96. The molecular weight excluding hydrogens is 507 g/mol. The van der Waals surface area contributed by atoms with Crippen molar-refractivity contribution in [3.05, 3.63) is 94.1 Å². The van der Waals surface area contributed by atoms with Crippen LogP contribution in [-0.2, 0) is 19.0 Å². The van der Waals surface area contributed by atoms with E-state index >= 15 is 0 Å². The van der Waals surface area contributed by atoms with Crippen molar-refractivity contribution in [2.45, 2.75) is 38.2 Å². The molecule has 0 fully saturated rings. The fourth-order valence-electron chi connectivity index (χ4n) is 4.09. The summed E-state index contributed by atoms with van der Waals surface area (Å²) in [5, 5.41) is 9.28. The van der Waals surface area contributed by atoms with E-state index in [2.05, 4.69) is 4.98 Å². The van der Waals surface area contributed by atoms with Gasteiger partial charge in [0.1, 0.15) is 23.9 Å². The summed E-state index contributed by atoms with van der Waals surface area (Å²) in [6.07, 6.45) is -8.77. The van der Waals surface area contributed by atoms with Gasteiger partial charge in [0, 0.05) is 5.56 Å². The van der Waals surface area contributed by atoms with Gasteiger partial charge in [-0.1, -0.05) is 12.1 Å². The van der Waals surface area contributed by atoms with Crippen molar-refractivity contribution < 1.29 is 45.4 Å². The molecule has 0 radical (unpaired) electrons. The van der Waals surface area contributed by atoms with Crippen molar-refractivity contribution in [2.75, 3.05) is 0 Å². The molecule has 0 spiro atoms. The third kappa shape index (κ3) is 5.92. The van der Waals surface area contributed by atoms with E-state index in [9.17, 15) is 40.6 Å². The number of ether oxygens (including phenoxy) is 1. The molecule has 1 heterocycles. The summed E-state index contributed by atoms with van der Waals surface area (Å²) in [5.74, 6) is -2.11. The van der Waals surface area contributed by atoms with Gasteiger partial charge in [-0.2, -0.15) is 26.3 Å². The number of nitrogens with zero attached hydrogens (tertiary/aromatic N) is 1. The van der Waals surface area contributed by atoms with Crippen LogP contribution in [0.1, 0.15) is 57.7 Å². The fourth-order valence-corrected chi connectivity index (χ4v) is 4.09. The van der Waals surface area contributed by atoms with Crippen LogP contribution in [0, 0.1) is 5.82 Å². The largest absolute Gasteiger partial charge is 0.488 e. The van der Waals surface area contributed by atoms with Gasteiger partial charge in [-0.25, -0.2) is 14.2 Å². The number of hydrogen-bond donors (Lipinski definition) is 1. The average Bonchev–Trinajstić information content (AvgIpc) is 3.32. The normalized spacial score (nSPS) is 14.2. The summed E-state index contributed by atoms with van der Waals surface area (Å²) in [6.45, 7) is -0.105. The first-order valence-corrected chi connectivity index (χ1v) is 11.0. The predicted octanol–water partition coefficient (Wildman–Crippen LogP) is 7.63. The molecule has 2 aromatic carbocycles. The zero-order chi connectivity index (χ0) is 27.0. The minimum absolute atomic E-state index is 0.0144. The molecule has 3 aromatic rings. The minimum atomic E-state index is -4.86. The zero-order valence-electron chi connectivity index (χ0n) is 18.9. The van der Waals surface area contributed by atoms with Gasteiger partial charge in [-0.05, 0) is 78.4 Å². The number of alkyl halides is 6. The second-order valence-corrected chi connectivity index (χ2v) is 8.36. The number of allylic oxidation sites excluding steroid dienone is 2. The first-order chi connectivity index (χ1) is 17.3. The van der Waals surface area contributed by atoms with E-state index < -0.39 is 41.0 Å². The Hall–Kier alpha value is -3.89. The maximum atomic E-state index is 13.5. The van der Waals surface area contributed by atoms with E-state index in [1.807, 2.05) is 0 Å². The van der Waals surface area contributed by atoms with Crippen LogP contribution in [0.15, 0.2) is 54.6 Å². The molecule has 1 aliphatic rings. The van der Waals surface area contributed by atoms with E-state index in [-0.39, 0.29) is 47.6 Å². The van der Waals surface area contributed by atoms with Crippen LogP contribution in [0.4, 0.5) is 30.7 Å². The quantitative estimate of drug-likeness (QED) is 0.336. The number of halogens is 7. The number of carboxylic acids is 1. The van der Waals surface area contributed by atoms with E-state index in [0.29, 0.717) is 24.1 Å². The topological polar surface area (TPSA) is 59.4 Å². The lowest BCUT2D eigenvalue weighted by molar-refractivity contribution is -0.138. The Morgan fingerprint density at radius 3 is 2.14 bits per heavy atom. The van der Waals surface area contributed by atoms with Crippen LogP contribution in [0.25, 0.3) is 11.1 Å². The van der Waals surface area contributed by atoms with Crippen LogP contribution in [-0.4, -0.2) is 16.1 Å². The number of aromatic carboxylic acids is 1. The summed E-state index contributed by atoms with van der Waals surface area (Å²) < 4.78 is 99.9. The molecule has 1 aliphatic carbocycles. The highest BCUT2D eigenvalue weighted by molar-refractivity contribution is 5.95. The molecule has 1 N–H and O–H groups in total. The molecule has 4 nitrogen and oxygen atoms in total. The molecular formula is C26H18F7NO3. The predicted molar refractivity (Wildman–Crippen MR) is 119 cm³/mol. The van der Waals surface area contributed by atoms with Crippen molar-refractivity contribution in [3.8, 4) is 5.75 Å². The highest BCUT2D eigenvalue weighted by Gasteiger charge is 2.35. The number of pyridine rings is 1. The molecule has 0 unspecified atom stereocenters. The molecule has 0 amide bonds. The molecule has 11 heteroatoms. The number of rotatable bonds is 6. The monoisotopic (exact) mass is 525 g/mol. The van der Waals surface area contributed by atoms with Gasteiger partial charge in [-0.3, -0.25) is 0 Å². The van der Waals surface area contributed by atoms with Crippen molar-refractivity contribution in [1.29, 1.82) is 0 Å². The second kappa shape index (κ2) is 9.87. The van der Waals surface area contributed by atoms with Crippen LogP contribution < -0.4 is 4.74 Å². The molecule has 0 saturated heterocycles. The molecule has 0 aliphatic heterocycles. The van der Waals surface area contributed by atoms with E-state index in [1.165, 1.54) is 24.3 Å². The number of aromatic nitrogens is 1. The lowest BCUT2D eigenvalue weighted by Gasteiger charge is -2.17. The minimum Gasteiger partial charge on any atom is -0.488 e. The van der Waals surface area contributed by atoms with Crippen molar-refractivity contribution in [1.82, 2.24) is 4.98 Å². The average molecular weight is 525 g/mol. The zero-order valence-corrected chi connectivity index (χ0v) is 18.9. The van der Waals surface area contributed by atoms with Crippen molar-refractivity contribution in [3.63, 3.8) is 0 Å². The third-order valence-electron chi connectivity index (χ3n) is 5.84. The highest BCUT2D eigenvalue weighted by Crippen LogP contribution is 2.45. The molecule has 37 heavy (non-hydrogen) atoms. The number of carboxylic acid groups (broad SMARTS) is 1. The molecule has 1 aromatic heterocycles. The maximum Gasteiger partial charge on any atom is 0.416 e. The second-order valence-electron chi connectivity index (χ2n) is 8.36. The Morgan fingerprint density at radius 1 is 0.865 bits per heavy atom. The summed E-state index contributed by atoms with van der Waals surface area (Å²) in [7, 11) is 0. The van der Waals surface area contributed by atoms with Gasteiger partial charge in [0.25, 0.3) is 0 Å². The SMILES string of the molecule is O=C(O)c1cc(C(F)(F)F)cc(C2=C(c3cc(C(F)(F)F)ccc3OCc3ccc(F)cc3)CCC2)n1. The van der Waals surface area contributed by atoms with E-state index in [1.54, 1.807) is 0 Å². The Labute approximate surface area is 206 Å². The van der Waals surface area contributed by atoms with Crippen LogP contribution in [0.3, 0.4) is 0 Å². The summed E-state index contributed by atoms with van der Waals surface area (Å²) in [5.41, 5.74) is -2.28. The molecule has 0 bridgehead atoms. The third-order valence-corrected chi connectivity index (χ3v) is 5.84. The molecule has 0 atom stereocenters. The maximum absolute atomic E-state index is 13.5. The first-order valence-electron chi connectivity index (χ1n) is 11.0. The van der Waals surface area contributed by atoms with Gasteiger partial charge >= 0.3 is 18.3 Å². The van der Waals surface area contributed by atoms with Crippen LogP contribution in [0.2, 0.25) is 0 Å². The van der Waals surface area contributed by atoms with Crippen molar-refractivity contribution >= 4 is 17.1 Å². The Kier molecular flexibility index (Phi) is 6.98. The number of benzene rings is 2. The van der Waals surface area contributed by atoms with E-state index in [4.69, 9.17) is 4.74 Å². The fraction of sp³-hybridized carbons (Fsp3) is 0.231. The Balaban J connectivity index is 1.84. The number of hydrogen-bond acceptors (Lipinski definition) is 3. The highest BCUT2D eigenvalue weighted by atomic mass is 19.4. The first kappa shape index (κ1) is 26.2. The molecule has 0 saturated carbocycles. The number of carbonyl (C=O) groups is 1. The van der Waals surface area contributed by atoms with Crippen LogP contribution in [0.5, 0.6) is 5.75 Å². The van der Waals surface area contributed by atoms with Crippen molar-refractivity contribution in [2.24, 2.45) is 0 Å². The Bertz CT molecular complexity index is 1360. The van der Waals surface area contributed by atoms with Gasteiger partial charge in [-0.15, -0.1) is 0 Å². The summed E-state index contributed by atoms with van der Waals surface area (Å²) in [4.78, 5) is 15.3. The van der Waals surface area contributed by atoms with Gasteiger partial charge in [0.2, 0.25) is 0 Å². The van der Waals surface area contributed by atoms with Gasteiger partial charge < -0.3 is 9.84 Å². The van der Waals surface area contributed by atoms with E-state index in [0.717, 1.165) is 18.2 Å². The van der Waals surface area contributed by atoms with Gasteiger partial charge in [0.15, 0.2) is 0 Å². The molecule has 194 valence electrons.